The van der Waals surface area contributed by atoms with Crippen molar-refractivity contribution in [3.05, 3.63) is 41.8 Å². The number of thiazole rings is 1. The van der Waals surface area contributed by atoms with Crippen LogP contribution < -0.4 is 15.6 Å². The van der Waals surface area contributed by atoms with Crippen LogP contribution in [0.25, 0.3) is 11.3 Å². The molecule has 3 aromatic rings. The maximum absolute atomic E-state index is 13.2. The monoisotopic (exact) mass is 594 g/mol. The Balaban J connectivity index is 1.59. The summed E-state index contributed by atoms with van der Waals surface area (Å²) in [6.45, 7) is 2.12. The first-order chi connectivity index (χ1) is 18.7. The van der Waals surface area contributed by atoms with Crippen molar-refractivity contribution >= 4 is 50.3 Å². The number of nitrogens with two attached hydrogens (primary N) is 1. The second-order valence-corrected chi connectivity index (χ2v) is 11.3. The summed E-state index contributed by atoms with van der Waals surface area (Å²) in [4.78, 5) is 46.3. The normalized spacial score (nSPS) is 17.9. The number of carboxylic acid groups (broad SMARTS) is 1. The van der Waals surface area contributed by atoms with Gasteiger partial charge in [-0.2, -0.15) is 8.42 Å². The minimum Gasteiger partial charge on any atom is -0.478 e. The van der Waals surface area contributed by atoms with E-state index in [9.17, 15) is 32.5 Å². The molecule has 0 aromatic carbocycles. The Morgan fingerprint density at radius 2 is 2.00 bits per heavy atom. The third-order valence-corrected chi connectivity index (χ3v) is 7.37. The van der Waals surface area contributed by atoms with Crippen molar-refractivity contribution in [2.24, 2.45) is 12.2 Å². The minimum absolute atomic E-state index is 0.0669. The number of hydrogen-bond acceptors (Lipinski definition) is 12. The maximum Gasteiger partial charge on any atom is 0.362 e. The van der Waals surface area contributed by atoms with E-state index in [1.165, 1.54) is 30.1 Å². The Kier molecular flexibility index (Phi) is 7.55. The summed E-state index contributed by atoms with van der Waals surface area (Å²) < 4.78 is 36.8. The summed E-state index contributed by atoms with van der Waals surface area (Å²) in [5.41, 5.74) is 4.41. The van der Waals surface area contributed by atoms with Crippen LogP contribution in [0.4, 0.5) is 5.13 Å². The number of nitrogens with one attached hydrogen (secondary N) is 1. The topological polar surface area (TPSA) is 236 Å². The lowest BCUT2D eigenvalue weighted by molar-refractivity contribution is -0.671. The second-order valence-electron chi connectivity index (χ2n) is 9.13. The van der Waals surface area contributed by atoms with Crippen molar-refractivity contribution in [3.8, 4) is 11.3 Å². The molecule has 0 aliphatic carbocycles. The Labute approximate surface area is 230 Å². The molecule has 40 heavy (non-hydrogen) atoms. The van der Waals surface area contributed by atoms with Gasteiger partial charge in [0.1, 0.15) is 24.5 Å². The van der Waals surface area contributed by atoms with Crippen LogP contribution in [0.15, 0.2) is 41.3 Å². The number of nitrogens with zero attached hydrogens (tertiary/aromatic N) is 7. The van der Waals surface area contributed by atoms with Gasteiger partial charge >= 0.3 is 16.3 Å². The van der Waals surface area contributed by atoms with Gasteiger partial charge in [-0.25, -0.2) is 23.3 Å². The lowest BCUT2D eigenvalue weighted by Crippen LogP contribution is -2.73. The van der Waals surface area contributed by atoms with Gasteiger partial charge in [-0.15, -0.1) is 16.4 Å². The van der Waals surface area contributed by atoms with E-state index in [4.69, 9.17) is 10.6 Å². The van der Waals surface area contributed by atoms with E-state index >= 15 is 0 Å². The number of nitrogen functional groups attached to an aromatic ring is 1. The molecule has 2 atom stereocenters. The van der Waals surface area contributed by atoms with E-state index in [0.717, 1.165) is 16.9 Å². The van der Waals surface area contributed by atoms with Crippen LogP contribution in [0.2, 0.25) is 0 Å². The number of anilines is 1. The molecule has 0 bridgehead atoms. The Hall–Kier alpha value is -4.49. The molecule has 1 aliphatic heterocycles. The average molecular weight is 595 g/mol. The van der Waals surface area contributed by atoms with Crippen molar-refractivity contribution in [1.29, 1.82) is 0 Å². The number of rotatable bonds is 10. The quantitative estimate of drug-likeness (QED) is 0.0696. The molecular weight excluding hydrogens is 570 g/mol. The predicted molar refractivity (Wildman–Crippen MR) is 137 cm³/mol. The van der Waals surface area contributed by atoms with Crippen molar-refractivity contribution in [2.75, 3.05) is 5.73 Å². The van der Waals surface area contributed by atoms with E-state index in [1.807, 2.05) is 11.6 Å². The molecule has 212 valence electrons. The second kappa shape index (κ2) is 10.6. The number of β-lactam (4-membered cyclic amide) rings is 1. The van der Waals surface area contributed by atoms with Gasteiger partial charge in [0.05, 0.1) is 18.8 Å². The van der Waals surface area contributed by atoms with E-state index in [0.29, 0.717) is 5.69 Å². The zero-order chi connectivity index (χ0) is 29.4. The van der Waals surface area contributed by atoms with Crippen molar-refractivity contribution in [2.45, 2.75) is 38.1 Å². The smallest absolute Gasteiger partial charge is 0.362 e. The number of carboxylic acids is 1. The van der Waals surface area contributed by atoms with Gasteiger partial charge in [-0.3, -0.25) is 14.1 Å². The summed E-state index contributed by atoms with van der Waals surface area (Å²) in [6.07, 6.45) is 5.09. The highest BCUT2D eigenvalue weighted by molar-refractivity contribution is 7.84. The summed E-state index contributed by atoms with van der Waals surface area (Å²) in [6, 6.07) is 0.822. The fourth-order valence-corrected chi connectivity index (χ4v) is 4.95. The van der Waals surface area contributed by atoms with Crippen molar-refractivity contribution in [3.63, 3.8) is 0 Å². The van der Waals surface area contributed by atoms with E-state index < -0.39 is 51.5 Å². The van der Waals surface area contributed by atoms with Crippen LogP contribution in [0.5, 0.6) is 0 Å². The van der Waals surface area contributed by atoms with Gasteiger partial charge < -0.3 is 21.0 Å². The predicted octanol–water partition coefficient (Wildman–Crippen LogP) is -1.41. The van der Waals surface area contributed by atoms with Crippen molar-refractivity contribution in [1.82, 2.24) is 29.6 Å². The molecule has 19 heteroatoms. The SMILES string of the molecule is C[n+]1ccc(-c2cn(CC3[C@H](NC(=O)C(=NOC(C)(C)C(=O)O)c4csc(N)n4)C(=O)N3S(=O)(=O)O)nn2)cc1. The zero-order valence-electron chi connectivity index (χ0n) is 21.2. The van der Waals surface area contributed by atoms with Crippen LogP contribution in [-0.2, 0) is 43.1 Å². The first-order valence-electron chi connectivity index (χ1n) is 11.4. The van der Waals surface area contributed by atoms with Crippen LogP contribution in [0.3, 0.4) is 0 Å². The number of aryl methyl sites for hydroxylation is 1. The Bertz CT molecular complexity index is 1600. The van der Waals surface area contributed by atoms with Crippen LogP contribution in [0.1, 0.15) is 19.5 Å². The molecule has 1 unspecified atom stereocenters. The van der Waals surface area contributed by atoms with E-state index in [1.54, 1.807) is 24.5 Å². The summed E-state index contributed by atoms with van der Waals surface area (Å²) in [5.74, 6) is -3.54. The van der Waals surface area contributed by atoms with Gasteiger partial charge in [0.15, 0.2) is 23.2 Å². The summed E-state index contributed by atoms with van der Waals surface area (Å²) in [5, 5.41) is 24.7. The third-order valence-electron chi connectivity index (χ3n) is 5.75. The lowest BCUT2D eigenvalue weighted by atomic mass is 9.98. The largest absolute Gasteiger partial charge is 0.478 e. The number of aliphatic carboxylic acids is 1. The fourth-order valence-electron chi connectivity index (χ4n) is 3.53. The molecule has 4 rings (SSSR count). The average Bonchev–Trinajstić information content (AvgIpc) is 3.51. The highest BCUT2D eigenvalue weighted by Crippen LogP contribution is 2.26. The molecule has 0 saturated carbocycles. The maximum atomic E-state index is 13.2. The standard InChI is InChI=1S/C21H23N9O8S2/c1-21(2,19(33)34)38-26-15(13-10-39-20(22)23-13)17(31)24-16-14(30(18(16)32)40(35,36)37)9-29-8-12(25-27-29)11-4-6-28(3)7-5-11/h4-8,10,14,16H,9H2,1-3H3,(H4-,22,23,24,31,33,34,35,36,37)/p+1/t14?,16-/m0/s1. The molecule has 3 aromatic heterocycles. The van der Waals surface area contributed by atoms with Gasteiger partial charge in [0.2, 0.25) is 5.60 Å². The number of amides is 2. The summed E-state index contributed by atoms with van der Waals surface area (Å²) >= 11 is 0.963. The number of carbonyl (C=O) groups excluding carboxylic acids is 2. The minimum atomic E-state index is -4.99. The van der Waals surface area contributed by atoms with Gasteiger partial charge in [-0.1, -0.05) is 10.4 Å². The number of pyridine rings is 1. The van der Waals surface area contributed by atoms with E-state index in [2.05, 4.69) is 25.8 Å². The number of aromatic nitrogens is 5. The highest BCUT2D eigenvalue weighted by Gasteiger charge is 2.54. The highest BCUT2D eigenvalue weighted by atomic mass is 32.2. The molecule has 5 N–H and O–H groups in total. The number of carbonyl (C=O) groups is 3. The fraction of sp³-hybridized carbons (Fsp3) is 0.333. The zero-order valence-corrected chi connectivity index (χ0v) is 22.8. The van der Waals surface area contributed by atoms with E-state index in [-0.39, 0.29) is 21.7 Å². The van der Waals surface area contributed by atoms with Gasteiger partial charge in [0.25, 0.3) is 11.8 Å². The molecule has 4 heterocycles. The Morgan fingerprint density at radius 1 is 1.32 bits per heavy atom. The lowest BCUT2D eigenvalue weighted by Gasteiger charge is -2.43. The molecule has 1 saturated heterocycles. The first kappa shape index (κ1) is 28.5. The van der Waals surface area contributed by atoms with Crippen LogP contribution >= 0.6 is 11.3 Å². The van der Waals surface area contributed by atoms with Gasteiger partial charge in [0, 0.05) is 23.1 Å². The molecule has 1 aliphatic rings. The molecule has 1 fully saturated rings. The molecule has 0 spiro atoms. The first-order valence-corrected chi connectivity index (χ1v) is 13.6. The molecule has 17 nitrogen and oxygen atoms in total. The number of hydrogen-bond donors (Lipinski definition) is 4. The molecular formula is C21H24N9O8S2+. The van der Waals surface area contributed by atoms with Crippen molar-refractivity contribution < 1.29 is 41.9 Å². The molecule has 0 radical (unpaired) electrons. The molecule has 2 amide bonds. The Morgan fingerprint density at radius 3 is 2.58 bits per heavy atom. The van der Waals surface area contributed by atoms with Crippen LogP contribution in [0, 0.1) is 0 Å². The number of oxime groups is 1. The third kappa shape index (κ3) is 5.90. The van der Waals surface area contributed by atoms with Gasteiger partial charge in [-0.05, 0) is 13.8 Å². The summed E-state index contributed by atoms with van der Waals surface area (Å²) in [7, 11) is -3.15. The van der Waals surface area contributed by atoms with Crippen LogP contribution in [-0.4, -0.2) is 83.5 Å².